The van der Waals surface area contributed by atoms with Crippen LogP contribution >= 0.6 is 0 Å². The van der Waals surface area contributed by atoms with Crippen molar-refractivity contribution >= 4 is 45.4 Å². The lowest BCUT2D eigenvalue weighted by Gasteiger charge is -2.14. The maximum absolute atomic E-state index is 13.0. The average Bonchev–Trinajstić information content (AvgIpc) is 3.22. The molecule has 31 heavy (non-hydrogen) atoms. The first-order valence-corrected chi connectivity index (χ1v) is 10.5. The number of fused-ring (bicyclic) bond motifs is 3. The van der Waals surface area contributed by atoms with Gasteiger partial charge in [0.25, 0.3) is 5.91 Å². The Labute approximate surface area is 181 Å². The molecule has 2 heterocycles. The van der Waals surface area contributed by atoms with Crippen LogP contribution in [-0.4, -0.2) is 40.3 Å². The highest BCUT2D eigenvalue weighted by Gasteiger charge is 2.34. The fourth-order valence-corrected chi connectivity index (χ4v) is 4.33. The first kappa shape index (κ1) is 19.1. The maximum Gasteiger partial charge on any atom is 0.277 e. The van der Waals surface area contributed by atoms with Crippen LogP contribution in [0.4, 0.5) is 5.69 Å². The Bertz CT molecular complexity index is 1360. The summed E-state index contributed by atoms with van der Waals surface area (Å²) in [5.74, 6) is 0.555. The maximum atomic E-state index is 13.0. The summed E-state index contributed by atoms with van der Waals surface area (Å²) >= 11 is 0. The molecule has 0 saturated carbocycles. The van der Waals surface area contributed by atoms with E-state index < -0.39 is 0 Å². The van der Waals surface area contributed by atoms with Gasteiger partial charge in [0.2, 0.25) is 5.96 Å². The lowest BCUT2D eigenvalue weighted by atomic mass is 10.1. The van der Waals surface area contributed by atoms with Crippen molar-refractivity contribution in [2.75, 3.05) is 14.1 Å². The molecule has 5 nitrogen and oxygen atoms in total. The Morgan fingerprint density at radius 2 is 1.55 bits per heavy atom. The number of carbonyl (C=O) groups is 1. The van der Waals surface area contributed by atoms with E-state index in [9.17, 15) is 4.79 Å². The second-order valence-electron chi connectivity index (χ2n) is 7.74. The molecule has 0 bridgehead atoms. The Hall–Kier alpha value is -3.86. The van der Waals surface area contributed by atoms with Crippen LogP contribution in [-0.2, 0) is 11.3 Å². The number of aliphatic imine (C=N–C) groups is 1. The van der Waals surface area contributed by atoms with E-state index >= 15 is 0 Å². The van der Waals surface area contributed by atoms with Gasteiger partial charge in [0.05, 0.1) is 5.69 Å². The van der Waals surface area contributed by atoms with Crippen LogP contribution in [0.3, 0.4) is 0 Å². The highest BCUT2D eigenvalue weighted by atomic mass is 16.2. The molecule has 1 amide bonds. The topological polar surface area (TPSA) is 40.8 Å². The molecular weight excluding hydrogens is 384 g/mol. The predicted molar refractivity (Wildman–Crippen MR) is 127 cm³/mol. The highest BCUT2D eigenvalue weighted by Crippen LogP contribution is 2.31. The van der Waals surface area contributed by atoms with E-state index in [4.69, 9.17) is 0 Å². The minimum absolute atomic E-state index is 0.0618. The van der Waals surface area contributed by atoms with Crippen molar-refractivity contribution in [3.63, 3.8) is 0 Å². The quantitative estimate of drug-likeness (QED) is 0.435. The molecule has 0 spiro atoms. The third-order valence-electron chi connectivity index (χ3n) is 5.89. The van der Waals surface area contributed by atoms with Crippen LogP contribution in [0.25, 0.3) is 27.9 Å². The molecule has 0 N–H and O–H groups in total. The molecule has 0 aliphatic carbocycles. The number of carbonyl (C=O) groups excluding carboxylic acids is 1. The Kier molecular flexibility index (Phi) is 4.59. The number of aryl methyl sites for hydroxylation is 1. The van der Waals surface area contributed by atoms with Crippen molar-refractivity contribution in [2.24, 2.45) is 4.99 Å². The molecule has 154 valence electrons. The number of nitrogens with zero attached hydrogens (tertiary/aromatic N) is 4. The summed E-state index contributed by atoms with van der Waals surface area (Å²) < 4.78 is 2.33. The minimum Gasteiger partial charge on any atom is -0.341 e. The molecule has 4 aromatic rings. The molecule has 0 radical (unpaired) electrons. The number of aromatic nitrogens is 1. The zero-order chi connectivity index (χ0) is 21.5. The molecule has 1 aromatic heterocycles. The van der Waals surface area contributed by atoms with Crippen LogP contribution in [0.5, 0.6) is 0 Å². The van der Waals surface area contributed by atoms with Crippen molar-refractivity contribution in [1.82, 2.24) is 14.4 Å². The van der Waals surface area contributed by atoms with Crippen LogP contribution in [0.15, 0.2) is 83.5 Å². The first-order chi connectivity index (χ1) is 15.1. The van der Waals surface area contributed by atoms with Gasteiger partial charge in [-0.1, -0.05) is 42.5 Å². The smallest absolute Gasteiger partial charge is 0.277 e. The SMILES string of the molecule is CCn1c2ccccc2c2cc(C=C3C(=O)N(C)C(=Nc4ccccc4)N3C)ccc21. The van der Waals surface area contributed by atoms with Gasteiger partial charge in [-0.05, 0) is 48.9 Å². The standard InChI is InChI=1S/C26H24N4O/c1-4-30-22-13-9-8-12-20(22)21-16-18(14-15-23(21)30)17-24-25(31)29(3)26(28(24)2)27-19-10-6-5-7-11-19/h5-17H,4H2,1-3H3. The van der Waals surface area contributed by atoms with Crippen LogP contribution < -0.4 is 0 Å². The summed E-state index contributed by atoms with van der Waals surface area (Å²) in [5, 5.41) is 2.43. The number of guanidine groups is 1. The van der Waals surface area contributed by atoms with Crippen LogP contribution in [0.1, 0.15) is 12.5 Å². The summed E-state index contributed by atoms with van der Waals surface area (Å²) in [6, 6.07) is 24.5. The van der Waals surface area contributed by atoms with Gasteiger partial charge in [0, 0.05) is 42.4 Å². The number of benzene rings is 3. The van der Waals surface area contributed by atoms with Crippen LogP contribution in [0.2, 0.25) is 0 Å². The van der Waals surface area contributed by atoms with Gasteiger partial charge in [0.1, 0.15) is 5.70 Å². The molecule has 1 fully saturated rings. The van der Waals surface area contributed by atoms with Gasteiger partial charge in [0.15, 0.2) is 0 Å². The second kappa shape index (κ2) is 7.43. The molecule has 1 aliphatic rings. The Morgan fingerprint density at radius 1 is 0.839 bits per heavy atom. The molecule has 1 saturated heterocycles. The highest BCUT2D eigenvalue weighted by molar-refractivity contribution is 6.16. The normalized spacial score (nSPS) is 17.1. The van der Waals surface area contributed by atoms with Crippen molar-refractivity contribution < 1.29 is 4.79 Å². The Morgan fingerprint density at radius 3 is 2.32 bits per heavy atom. The zero-order valence-corrected chi connectivity index (χ0v) is 17.9. The number of para-hydroxylation sites is 2. The molecule has 5 rings (SSSR count). The van der Waals surface area contributed by atoms with E-state index in [1.165, 1.54) is 21.8 Å². The van der Waals surface area contributed by atoms with Crippen LogP contribution in [0, 0.1) is 0 Å². The number of hydrogen-bond acceptors (Lipinski definition) is 2. The van der Waals surface area contributed by atoms with E-state index in [1.54, 1.807) is 11.9 Å². The minimum atomic E-state index is -0.0618. The van der Waals surface area contributed by atoms with Gasteiger partial charge in [-0.15, -0.1) is 0 Å². The fraction of sp³-hybridized carbons (Fsp3) is 0.154. The lowest BCUT2D eigenvalue weighted by molar-refractivity contribution is -0.121. The molecule has 5 heteroatoms. The van der Waals surface area contributed by atoms with E-state index in [2.05, 4.69) is 58.9 Å². The third kappa shape index (κ3) is 3.10. The molecule has 1 aliphatic heterocycles. The van der Waals surface area contributed by atoms with E-state index in [-0.39, 0.29) is 5.91 Å². The fourth-order valence-electron chi connectivity index (χ4n) is 4.33. The van der Waals surface area contributed by atoms with Gasteiger partial charge in [-0.25, -0.2) is 4.99 Å². The van der Waals surface area contributed by atoms with Gasteiger partial charge in [-0.2, -0.15) is 0 Å². The summed E-state index contributed by atoms with van der Waals surface area (Å²) in [6.45, 7) is 3.08. The van der Waals surface area contributed by atoms with Gasteiger partial charge < -0.3 is 9.47 Å². The summed E-state index contributed by atoms with van der Waals surface area (Å²) in [4.78, 5) is 21.1. The molecular formula is C26H24N4O. The molecule has 0 atom stereocenters. The lowest BCUT2D eigenvalue weighted by Crippen LogP contribution is -2.29. The Balaban J connectivity index is 1.59. The zero-order valence-electron chi connectivity index (χ0n) is 17.9. The van der Waals surface area contributed by atoms with E-state index in [0.717, 1.165) is 17.8 Å². The summed E-state index contributed by atoms with van der Waals surface area (Å²) in [7, 11) is 3.65. The number of likely N-dealkylation sites (N-methyl/N-ethyl adjacent to an activating group) is 2. The summed E-state index contributed by atoms with van der Waals surface area (Å²) in [6.07, 6.45) is 1.95. The molecule has 0 unspecified atom stereocenters. The van der Waals surface area contributed by atoms with Crippen molar-refractivity contribution in [1.29, 1.82) is 0 Å². The van der Waals surface area contributed by atoms with Crippen molar-refractivity contribution in [3.05, 3.63) is 84.1 Å². The number of rotatable bonds is 3. The monoisotopic (exact) mass is 408 g/mol. The van der Waals surface area contributed by atoms with E-state index in [0.29, 0.717) is 11.7 Å². The van der Waals surface area contributed by atoms with Crippen molar-refractivity contribution in [3.8, 4) is 0 Å². The number of hydrogen-bond donors (Lipinski definition) is 0. The number of amides is 1. The molecule has 3 aromatic carbocycles. The predicted octanol–water partition coefficient (Wildman–Crippen LogP) is 5.25. The van der Waals surface area contributed by atoms with Gasteiger partial charge >= 0.3 is 0 Å². The van der Waals surface area contributed by atoms with Gasteiger partial charge in [-0.3, -0.25) is 9.69 Å². The van der Waals surface area contributed by atoms with Crippen molar-refractivity contribution in [2.45, 2.75) is 13.5 Å². The third-order valence-corrected chi connectivity index (χ3v) is 5.89. The average molecular weight is 409 g/mol. The first-order valence-electron chi connectivity index (χ1n) is 10.5. The second-order valence-corrected chi connectivity index (χ2v) is 7.74. The largest absolute Gasteiger partial charge is 0.341 e. The van der Waals surface area contributed by atoms with E-state index in [1.807, 2.05) is 48.4 Å². The summed E-state index contributed by atoms with van der Waals surface area (Å²) in [5.41, 5.74) is 4.86.